The van der Waals surface area contributed by atoms with E-state index in [9.17, 15) is 9.59 Å². The van der Waals surface area contributed by atoms with Gasteiger partial charge in [0.25, 0.3) is 5.91 Å². The van der Waals surface area contributed by atoms with E-state index < -0.39 is 18.1 Å². The maximum atomic E-state index is 11.5. The lowest BCUT2D eigenvalue weighted by atomic mass is 10.1. The number of para-hydroxylation sites is 1. The molecule has 2 amide bonds. The van der Waals surface area contributed by atoms with E-state index in [2.05, 4.69) is 4.98 Å². The fourth-order valence-corrected chi connectivity index (χ4v) is 1.92. The SMILES string of the molecule is Cl.NNC(=O)C(Cc1c[nH]c2ccccc12)OC(N)=O. The van der Waals surface area contributed by atoms with Gasteiger partial charge in [-0.1, -0.05) is 18.2 Å². The minimum absolute atomic E-state index is 0. The molecule has 1 heterocycles. The number of nitrogens with one attached hydrogen (secondary N) is 2. The highest BCUT2D eigenvalue weighted by atomic mass is 35.5. The first kappa shape index (κ1) is 15.8. The molecule has 2 rings (SSSR count). The smallest absolute Gasteiger partial charge is 0.405 e. The van der Waals surface area contributed by atoms with Crippen molar-refractivity contribution in [2.75, 3.05) is 0 Å². The number of carbonyl (C=O) groups is 2. The summed E-state index contributed by atoms with van der Waals surface area (Å²) in [6, 6.07) is 7.59. The second kappa shape index (κ2) is 6.78. The molecule has 20 heavy (non-hydrogen) atoms. The summed E-state index contributed by atoms with van der Waals surface area (Å²) in [5.74, 6) is 4.44. The normalized spacial score (nSPS) is 11.4. The predicted octanol–water partition coefficient (Wildman–Crippen LogP) is 0.586. The topological polar surface area (TPSA) is 123 Å². The van der Waals surface area contributed by atoms with E-state index in [1.165, 1.54) is 0 Å². The van der Waals surface area contributed by atoms with E-state index >= 15 is 0 Å². The van der Waals surface area contributed by atoms with Gasteiger partial charge in [0, 0.05) is 23.5 Å². The van der Waals surface area contributed by atoms with Crippen LogP contribution in [0.2, 0.25) is 0 Å². The Kier molecular flexibility index (Phi) is 5.36. The number of ether oxygens (including phenoxy) is 1. The van der Waals surface area contributed by atoms with Crippen LogP contribution in [0, 0.1) is 0 Å². The summed E-state index contributed by atoms with van der Waals surface area (Å²) in [5.41, 5.74) is 8.66. The van der Waals surface area contributed by atoms with Crippen molar-refractivity contribution < 1.29 is 14.3 Å². The molecule has 0 aliphatic heterocycles. The average Bonchev–Trinajstić information content (AvgIpc) is 2.80. The monoisotopic (exact) mass is 298 g/mol. The number of halogens is 1. The van der Waals surface area contributed by atoms with Gasteiger partial charge in [0.05, 0.1) is 0 Å². The van der Waals surface area contributed by atoms with E-state index in [1.54, 1.807) is 6.20 Å². The second-order valence-corrected chi connectivity index (χ2v) is 4.00. The van der Waals surface area contributed by atoms with Crippen molar-refractivity contribution in [1.29, 1.82) is 0 Å². The molecule has 0 saturated heterocycles. The lowest BCUT2D eigenvalue weighted by Crippen LogP contribution is -2.43. The van der Waals surface area contributed by atoms with Crippen molar-refractivity contribution >= 4 is 35.3 Å². The van der Waals surface area contributed by atoms with Gasteiger partial charge in [-0.2, -0.15) is 0 Å². The summed E-state index contributed by atoms with van der Waals surface area (Å²) in [4.78, 5) is 25.4. The summed E-state index contributed by atoms with van der Waals surface area (Å²) in [6.07, 6.45) is -0.128. The van der Waals surface area contributed by atoms with Crippen LogP contribution in [-0.2, 0) is 16.0 Å². The Morgan fingerprint density at radius 2 is 2.05 bits per heavy atom. The largest absolute Gasteiger partial charge is 0.436 e. The number of rotatable bonds is 4. The maximum absolute atomic E-state index is 11.5. The van der Waals surface area contributed by atoms with Crippen molar-refractivity contribution in [2.24, 2.45) is 11.6 Å². The van der Waals surface area contributed by atoms with Gasteiger partial charge in [-0.15, -0.1) is 12.4 Å². The number of hydrazine groups is 1. The third-order valence-electron chi connectivity index (χ3n) is 2.77. The molecule has 0 fully saturated rings. The third kappa shape index (κ3) is 3.40. The van der Waals surface area contributed by atoms with Crippen LogP contribution in [-0.4, -0.2) is 23.1 Å². The molecular weight excluding hydrogens is 284 g/mol. The molecule has 0 radical (unpaired) electrons. The van der Waals surface area contributed by atoms with Crippen LogP contribution in [0.25, 0.3) is 10.9 Å². The number of nitrogens with two attached hydrogens (primary N) is 2. The molecule has 0 bridgehead atoms. The lowest BCUT2D eigenvalue weighted by Gasteiger charge is -2.14. The quantitative estimate of drug-likeness (QED) is 0.374. The third-order valence-corrected chi connectivity index (χ3v) is 2.77. The van der Waals surface area contributed by atoms with Gasteiger partial charge >= 0.3 is 6.09 Å². The van der Waals surface area contributed by atoms with Gasteiger partial charge < -0.3 is 15.5 Å². The number of fused-ring (bicyclic) bond motifs is 1. The highest BCUT2D eigenvalue weighted by Gasteiger charge is 2.22. The number of primary amides is 1. The van der Waals surface area contributed by atoms with Crippen molar-refractivity contribution in [3.8, 4) is 0 Å². The van der Waals surface area contributed by atoms with Crippen molar-refractivity contribution in [3.63, 3.8) is 0 Å². The number of hydrogen-bond acceptors (Lipinski definition) is 4. The van der Waals surface area contributed by atoms with Crippen molar-refractivity contribution in [3.05, 3.63) is 36.0 Å². The summed E-state index contributed by atoms with van der Waals surface area (Å²) in [7, 11) is 0. The number of H-pyrrole nitrogens is 1. The van der Waals surface area contributed by atoms with Crippen LogP contribution in [0.5, 0.6) is 0 Å². The first-order chi connectivity index (χ1) is 9.11. The Hall–Kier alpha value is -2.25. The molecule has 0 spiro atoms. The zero-order valence-electron chi connectivity index (χ0n) is 10.5. The molecule has 1 aromatic heterocycles. The summed E-state index contributed by atoms with van der Waals surface area (Å²) < 4.78 is 4.76. The summed E-state index contributed by atoms with van der Waals surface area (Å²) >= 11 is 0. The first-order valence-corrected chi connectivity index (χ1v) is 5.63. The lowest BCUT2D eigenvalue weighted by molar-refractivity contribution is -0.129. The van der Waals surface area contributed by atoms with E-state index in [1.807, 2.05) is 29.7 Å². The van der Waals surface area contributed by atoms with Crippen LogP contribution in [0.4, 0.5) is 4.79 Å². The highest BCUT2D eigenvalue weighted by molar-refractivity contribution is 5.86. The van der Waals surface area contributed by atoms with Gasteiger partial charge in [-0.3, -0.25) is 10.2 Å². The number of aromatic nitrogens is 1. The number of benzene rings is 1. The van der Waals surface area contributed by atoms with Crippen LogP contribution >= 0.6 is 12.4 Å². The van der Waals surface area contributed by atoms with Crippen LogP contribution < -0.4 is 17.0 Å². The Balaban J connectivity index is 0.00000200. The molecule has 1 aromatic carbocycles. The summed E-state index contributed by atoms with van der Waals surface area (Å²) in [6.45, 7) is 0. The predicted molar refractivity (Wildman–Crippen MR) is 76.0 cm³/mol. The maximum Gasteiger partial charge on any atom is 0.405 e. The average molecular weight is 299 g/mol. The molecule has 2 aromatic rings. The molecule has 0 aliphatic carbocycles. The highest BCUT2D eigenvalue weighted by Crippen LogP contribution is 2.19. The van der Waals surface area contributed by atoms with Gasteiger partial charge in [-0.05, 0) is 11.6 Å². The minimum atomic E-state index is -1.05. The molecule has 8 heteroatoms. The Morgan fingerprint density at radius 1 is 1.35 bits per heavy atom. The fourth-order valence-electron chi connectivity index (χ4n) is 1.92. The van der Waals surface area contributed by atoms with E-state index in [0.717, 1.165) is 16.5 Å². The fraction of sp³-hybridized carbons (Fsp3) is 0.167. The van der Waals surface area contributed by atoms with E-state index in [-0.39, 0.29) is 18.8 Å². The molecule has 0 saturated carbocycles. The van der Waals surface area contributed by atoms with Crippen LogP contribution in [0.3, 0.4) is 0 Å². The number of amides is 2. The Labute approximate surface area is 121 Å². The van der Waals surface area contributed by atoms with E-state index in [0.29, 0.717) is 0 Å². The van der Waals surface area contributed by atoms with Crippen molar-refractivity contribution in [1.82, 2.24) is 10.4 Å². The van der Waals surface area contributed by atoms with Gasteiger partial charge in [0.1, 0.15) is 0 Å². The van der Waals surface area contributed by atoms with Gasteiger partial charge in [0.2, 0.25) is 0 Å². The molecule has 0 aliphatic rings. The molecule has 7 nitrogen and oxygen atoms in total. The number of aromatic amines is 1. The minimum Gasteiger partial charge on any atom is -0.436 e. The van der Waals surface area contributed by atoms with Crippen LogP contribution in [0.1, 0.15) is 5.56 Å². The molecular formula is C12H15ClN4O3. The van der Waals surface area contributed by atoms with Crippen LogP contribution in [0.15, 0.2) is 30.5 Å². The second-order valence-electron chi connectivity index (χ2n) is 4.00. The standard InChI is InChI=1S/C12H14N4O3.ClH/c13-12(18)19-10(11(17)16-14)5-7-6-15-9-4-2-1-3-8(7)9;/h1-4,6,10,15H,5,14H2,(H2,13,18)(H,16,17);1H. The molecule has 1 atom stereocenters. The zero-order chi connectivity index (χ0) is 13.8. The Bertz CT molecular complexity index is 614. The van der Waals surface area contributed by atoms with E-state index in [4.69, 9.17) is 16.3 Å². The van der Waals surface area contributed by atoms with Gasteiger partial charge in [0.15, 0.2) is 6.10 Å². The van der Waals surface area contributed by atoms with Crippen molar-refractivity contribution in [2.45, 2.75) is 12.5 Å². The van der Waals surface area contributed by atoms with Gasteiger partial charge in [-0.25, -0.2) is 10.6 Å². The molecule has 6 N–H and O–H groups in total. The number of hydrogen-bond donors (Lipinski definition) is 4. The molecule has 108 valence electrons. The first-order valence-electron chi connectivity index (χ1n) is 5.63. The number of carbonyl (C=O) groups excluding carboxylic acids is 2. The molecule has 1 unspecified atom stereocenters. The summed E-state index contributed by atoms with van der Waals surface area (Å²) in [5, 5.41) is 0.949. The Morgan fingerprint density at radius 3 is 2.70 bits per heavy atom. The zero-order valence-corrected chi connectivity index (χ0v) is 11.3.